The van der Waals surface area contributed by atoms with Gasteiger partial charge in [-0.1, -0.05) is 0 Å². The zero-order chi connectivity index (χ0) is 14.2. The molecule has 7 heteroatoms. The Morgan fingerprint density at radius 1 is 1.45 bits per heavy atom. The Morgan fingerprint density at radius 3 is 3.00 bits per heavy atom. The Kier molecular flexibility index (Phi) is 3.37. The van der Waals surface area contributed by atoms with Gasteiger partial charge in [0.15, 0.2) is 0 Å². The third-order valence-electron chi connectivity index (χ3n) is 4.12. The Hall–Kier alpha value is -1.63. The summed E-state index contributed by atoms with van der Waals surface area (Å²) in [5.74, 6) is 0.974. The second-order valence-electron chi connectivity index (χ2n) is 5.71. The van der Waals surface area contributed by atoms with Gasteiger partial charge in [0.2, 0.25) is 0 Å². The monoisotopic (exact) mass is 279 g/mol. The first kappa shape index (κ1) is 13.4. The lowest BCUT2D eigenvalue weighted by atomic mass is 9.93. The third kappa shape index (κ3) is 2.37. The van der Waals surface area contributed by atoms with E-state index in [1.807, 2.05) is 4.68 Å². The van der Waals surface area contributed by atoms with E-state index < -0.39 is 0 Å². The molecule has 1 spiro atoms. The number of nitrogens with zero attached hydrogens (tertiary/aromatic N) is 5. The molecule has 0 saturated carbocycles. The minimum absolute atomic E-state index is 0.205. The fourth-order valence-electron chi connectivity index (χ4n) is 3.20. The number of hydrogen-bond acceptors (Lipinski definition) is 5. The number of ether oxygens (including phenoxy) is 1. The smallest absolute Gasteiger partial charge is 0.410 e. The van der Waals surface area contributed by atoms with Gasteiger partial charge >= 0.3 is 6.09 Å². The van der Waals surface area contributed by atoms with Crippen LogP contribution in [0.25, 0.3) is 0 Å². The number of aromatic nitrogens is 3. The maximum Gasteiger partial charge on any atom is 0.410 e. The van der Waals surface area contributed by atoms with Crippen molar-refractivity contribution in [3.05, 3.63) is 12.2 Å². The highest BCUT2D eigenvalue weighted by atomic mass is 16.6. The predicted octanol–water partition coefficient (Wildman–Crippen LogP) is 0.715. The van der Waals surface area contributed by atoms with Crippen LogP contribution in [-0.2, 0) is 17.8 Å². The second-order valence-corrected chi connectivity index (χ2v) is 5.71. The highest BCUT2D eigenvalue weighted by Crippen LogP contribution is 2.31. The summed E-state index contributed by atoms with van der Waals surface area (Å²) >= 11 is 0. The van der Waals surface area contributed by atoms with Crippen LogP contribution in [-0.4, -0.2) is 62.9 Å². The lowest BCUT2D eigenvalue weighted by molar-refractivity contribution is -0.0123. The average Bonchev–Trinajstić information content (AvgIpc) is 2.95. The van der Waals surface area contributed by atoms with E-state index in [0.29, 0.717) is 6.54 Å². The number of hydrogen-bond donors (Lipinski definition) is 0. The Labute approximate surface area is 118 Å². The number of likely N-dealkylation sites (tertiary alicyclic amines) is 1. The predicted molar refractivity (Wildman–Crippen MR) is 72.0 cm³/mol. The molecule has 3 heterocycles. The first-order valence-corrected chi connectivity index (χ1v) is 7.15. The van der Waals surface area contributed by atoms with Crippen molar-refractivity contribution < 1.29 is 9.53 Å². The standard InChI is InChI=1S/C13H21N5O2/c1-3-18-11(14-10-15-18)7-17-6-4-5-13(9-17)8-16(2)12(19)20-13/h10H,3-9H2,1-2H3. The van der Waals surface area contributed by atoms with Crippen molar-refractivity contribution in [2.45, 2.75) is 38.5 Å². The van der Waals surface area contributed by atoms with Gasteiger partial charge in [-0.2, -0.15) is 5.10 Å². The minimum Gasteiger partial charge on any atom is -0.440 e. The number of amides is 1. The molecule has 0 aliphatic carbocycles. The molecule has 1 unspecified atom stereocenters. The Bertz CT molecular complexity index is 503. The van der Waals surface area contributed by atoms with Gasteiger partial charge in [-0.25, -0.2) is 14.5 Å². The number of carbonyl (C=O) groups excluding carboxylic acids is 1. The molecule has 110 valence electrons. The summed E-state index contributed by atoms with van der Waals surface area (Å²) < 4.78 is 7.52. The van der Waals surface area contributed by atoms with E-state index in [0.717, 1.165) is 44.8 Å². The molecule has 2 aliphatic rings. The fraction of sp³-hybridized carbons (Fsp3) is 0.769. The molecule has 3 rings (SSSR count). The molecule has 0 bridgehead atoms. The maximum atomic E-state index is 11.6. The number of carbonyl (C=O) groups is 1. The summed E-state index contributed by atoms with van der Waals surface area (Å²) in [6.45, 7) is 6.12. The molecule has 0 radical (unpaired) electrons. The molecule has 20 heavy (non-hydrogen) atoms. The summed E-state index contributed by atoms with van der Waals surface area (Å²) in [5, 5.41) is 4.20. The molecule has 2 aliphatic heterocycles. The Morgan fingerprint density at radius 2 is 2.30 bits per heavy atom. The van der Waals surface area contributed by atoms with Crippen LogP contribution < -0.4 is 0 Å². The lowest BCUT2D eigenvalue weighted by Crippen LogP contribution is -2.50. The maximum absolute atomic E-state index is 11.6. The van der Waals surface area contributed by atoms with E-state index in [-0.39, 0.29) is 11.7 Å². The zero-order valence-corrected chi connectivity index (χ0v) is 12.1. The quantitative estimate of drug-likeness (QED) is 0.815. The molecule has 0 N–H and O–H groups in total. The van der Waals surface area contributed by atoms with Crippen molar-refractivity contribution in [2.75, 3.05) is 26.7 Å². The van der Waals surface area contributed by atoms with Crippen LogP contribution in [0.3, 0.4) is 0 Å². The van der Waals surface area contributed by atoms with Crippen LogP contribution in [0.15, 0.2) is 6.33 Å². The van der Waals surface area contributed by atoms with Crippen LogP contribution in [0, 0.1) is 0 Å². The van der Waals surface area contributed by atoms with Gasteiger partial charge in [-0.15, -0.1) is 0 Å². The number of aryl methyl sites for hydroxylation is 1. The summed E-state index contributed by atoms with van der Waals surface area (Å²) in [5.41, 5.74) is -0.332. The molecule has 1 atom stereocenters. The largest absolute Gasteiger partial charge is 0.440 e. The second kappa shape index (κ2) is 5.05. The van der Waals surface area contributed by atoms with Crippen molar-refractivity contribution >= 4 is 6.09 Å². The van der Waals surface area contributed by atoms with Gasteiger partial charge in [0.25, 0.3) is 0 Å². The van der Waals surface area contributed by atoms with E-state index in [1.54, 1.807) is 18.3 Å². The molecule has 2 saturated heterocycles. The third-order valence-corrected chi connectivity index (χ3v) is 4.12. The van der Waals surface area contributed by atoms with Crippen LogP contribution in [0.4, 0.5) is 4.79 Å². The normalized spacial score (nSPS) is 27.3. The number of likely N-dealkylation sites (N-methyl/N-ethyl adjacent to an activating group) is 1. The van der Waals surface area contributed by atoms with Crippen LogP contribution >= 0.6 is 0 Å². The molecule has 2 fully saturated rings. The molecular weight excluding hydrogens is 258 g/mol. The molecule has 0 aromatic carbocycles. The molecule has 1 aromatic rings. The summed E-state index contributed by atoms with van der Waals surface area (Å²) in [7, 11) is 1.80. The van der Waals surface area contributed by atoms with Crippen molar-refractivity contribution in [1.29, 1.82) is 0 Å². The van der Waals surface area contributed by atoms with E-state index in [9.17, 15) is 4.79 Å². The van der Waals surface area contributed by atoms with E-state index in [2.05, 4.69) is 21.9 Å². The zero-order valence-electron chi connectivity index (χ0n) is 12.1. The van der Waals surface area contributed by atoms with Crippen molar-refractivity contribution in [3.63, 3.8) is 0 Å². The SMILES string of the molecule is CCn1ncnc1CN1CCCC2(C1)CN(C)C(=O)O2. The van der Waals surface area contributed by atoms with Crippen molar-refractivity contribution in [1.82, 2.24) is 24.6 Å². The summed E-state index contributed by atoms with van der Waals surface area (Å²) in [4.78, 5) is 19.9. The van der Waals surface area contributed by atoms with Gasteiger partial charge in [-0.05, 0) is 26.3 Å². The molecular formula is C13H21N5O2. The molecule has 1 aromatic heterocycles. The lowest BCUT2D eigenvalue weighted by Gasteiger charge is -2.38. The van der Waals surface area contributed by atoms with Gasteiger partial charge in [0.1, 0.15) is 17.8 Å². The first-order valence-electron chi connectivity index (χ1n) is 7.15. The van der Waals surface area contributed by atoms with Gasteiger partial charge in [-0.3, -0.25) is 4.90 Å². The van der Waals surface area contributed by atoms with Crippen LogP contribution in [0.1, 0.15) is 25.6 Å². The van der Waals surface area contributed by atoms with Crippen molar-refractivity contribution in [3.8, 4) is 0 Å². The van der Waals surface area contributed by atoms with E-state index in [1.165, 1.54) is 0 Å². The summed E-state index contributed by atoms with van der Waals surface area (Å²) in [6, 6.07) is 0. The average molecular weight is 279 g/mol. The van der Waals surface area contributed by atoms with E-state index >= 15 is 0 Å². The first-order chi connectivity index (χ1) is 9.62. The van der Waals surface area contributed by atoms with Crippen LogP contribution in [0.5, 0.6) is 0 Å². The fourth-order valence-corrected chi connectivity index (χ4v) is 3.20. The molecule has 1 amide bonds. The van der Waals surface area contributed by atoms with Crippen LogP contribution in [0.2, 0.25) is 0 Å². The van der Waals surface area contributed by atoms with Gasteiger partial charge in [0, 0.05) is 20.1 Å². The van der Waals surface area contributed by atoms with Gasteiger partial charge < -0.3 is 9.64 Å². The van der Waals surface area contributed by atoms with Crippen molar-refractivity contribution in [2.24, 2.45) is 0 Å². The highest BCUT2D eigenvalue weighted by Gasteiger charge is 2.46. The minimum atomic E-state index is -0.332. The van der Waals surface area contributed by atoms with Gasteiger partial charge in [0.05, 0.1) is 13.1 Å². The Balaban J connectivity index is 1.68. The molecule has 7 nitrogen and oxygen atoms in total. The van der Waals surface area contributed by atoms with E-state index in [4.69, 9.17) is 4.74 Å². The summed E-state index contributed by atoms with van der Waals surface area (Å²) in [6.07, 6.45) is 3.38. The number of rotatable bonds is 3. The number of piperidine rings is 1. The topological polar surface area (TPSA) is 63.5 Å². The highest BCUT2D eigenvalue weighted by molar-refractivity contribution is 5.70.